The summed E-state index contributed by atoms with van der Waals surface area (Å²) in [7, 11) is 1.36. The van der Waals surface area contributed by atoms with Gasteiger partial charge in [0.05, 0.1) is 13.5 Å². The monoisotopic (exact) mass is 403 g/mol. The van der Waals surface area contributed by atoms with Crippen LogP contribution >= 0.6 is 12.4 Å². The minimum atomic E-state index is -0.289. The number of benzene rings is 2. The molecule has 8 heteroatoms. The molecule has 2 aromatic rings. The first-order chi connectivity index (χ1) is 13.0. The van der Waals surface area contributed by atoms with Crippen LogP contribution in [0.1, 0.15) is 34.3 Å². The molecular formula is C20H22ClN3O4. The molecule has 0 aliphatic carbocycles. The molecule has 1 atom stereocenters. The zero-order valence-corrected chi connectivity index (χ0v) is 16.2. The maximum Gasteiger partial charge on any atom is 0.309 e. The van der Waals surface area contributed by atoms with Crippen LogP contribution in [-0.4, -0.2) is 30.9 Å². The number of carbonyl (C=O) groups is 2. The maximum absolute atomic E-state index is 12.4. The van der Waals surface area contributed by atoms with E-state index in [1.54, 1.807) is 36.4 Å². The van der Waals surface area contributed by atoms with E-state index in [9.17, 15) is 9.59 Å². The first-order valence-electron chi connectivity index (χ1n) is 8.58. The van der Waals surface area contributed by atoms with Gasteiger partial charge in [0.2, 0.25) is 0 Å². The number of carbonyl (C=O) groups excluding carboxylic acids is 2. The summed E-state index contributed by atoms with van der Waals surface area (Å²) in [6.07, 6.45) is 1.51. The minimum Gasteiger partial charge on any atom is -0.490 e. The number of nitrogen functional groups attached to an aromatic ring is 1. The van der Waals surface area contributed by atoms with E-state index >= 15 is 0 Å². The number of hydrogen-bond acceptors (Lipinski definition) is 5. The van der Waals surface area contributed by atoms with Crippen molar-refractivity contribution in [1.29, 1.82) is 5.41 Å². The summed E-state index contributed by atoms with van der Waals surface area (Å²) in [6, 6.07) is 12.0. The number of nitrogens with two attached hydrogens (primary N) is 1. The lowest BCUT2D eigenvalue weighted by Crippen LogP contribution is -2.26. The van der Waals surface area contributed by atoms with Gasteiger partial charge in [-0.3, -0.25) is 15.0 Å². The molecule has 0 bridgehead atoms. The van der Waals surface area contributed by atoms with Crippen molar-refractivity contribution >= 4 is 35.8 Å². The third kappa shape index (κ3) is 5.01. The Morgan fingerprint density at radius 3 is 2.54 bits per heavy atom. The van der Waals surface area contributed by atoms with Crippen molar-refractivity contribution in [3.63, 3.8) is 0 Å². The Morgan fingerprint density at radius 2 is 1.89 bits per heavy atom. The van der Waals surface area contributed by atoms with Crippen molar-refractivity contribution in [1.82, 2.24) is 0 Å². The molecule has 0 fully saturated rings. The molecule has 2 aromatic carbocycles. The van der Waals surface area contributed by atoms with Crippen molar-refractivity contribution < 1.29 is 19.1 Å². The Labute approximate surface area is 169 Å². The fourth-order valence-electron chi connectivity index (χ4n) is 2.94. The van der Waals surface area contributed by atoms with Gasteiger partial charge in [0.1, 0.15) is 17.7 Å². The number of anilines is 1. The number of amidine groups is 1. The highest BCUT2D eigenvalue weighted by Crippen LogP contribution is 2.31. The summed E-state index contributed by atoms with van der Waals surface area (Å²) >= 11 is 0. The molecule has 0 spiro atoms. The number of aryl methyl sites for hydroxylation is 1. The summed E-state index contributed by atoms with van der Waals surface area (Å²) in [5.74, 6) is 0.148. The van der Waals surface area contributed by atoms with Gasteiger partial charge >= 0.3 is 5.97 Å². The SMILES string of the molecule is COC(=O)CC1CCc2cc(NC(=O)c3ccc(C(=N)N)cc3)ccc2O1.Cl. The highest BCUT2D eigenvalue weighted by molar-refractivity contribution is 6.05. The van der Waals surface area contributed by atoms with Gasteiger partial charge in [0.15, 0.2) is 0 Å². The number of ether oxygens (including phenoxy) is 2. The molecule has 0 saturated heterocycles. The van der Waals surface area contributed by atoms with Crippen LogP contribution in [0, 0.1) is 5.41 Å². The molecule has 4 N–H and O–H groups in total. The van der Waals surface area contributed by atoms with E-state index in [4.69, 9.17) is 15.9 Å². The molecule has 3 rings (SSSR count). The van der Waals surface area contributed by atoms with Gasteiger partial charge in [-0.25, -0.2) is 0 Å². The lowest BCUT2D eigenvalue weighted by Gasteiger charge is -2.25. The van der Waals surface area contributed by atoms with Crippen LogP contribution in [0.2, 0.25) is 0 Å². The van der Waals surface area contributed by atoms with Crippen LogP contribution in [0.4, 0.5) is 5.69 Å². The van der Waals surface area contributed by atoms with Crippen molar-refractivity contribution in [2.75, 3.05) is 12.4 Å². The number of esters is 1. The van der Waals surface area contributed by atoms with Gasteiger partial charge in [0.25, 0.3) is 5.91 Å². The smallest absolute Gasteiger partial charge is 0.309 e. The lowest BCUT2D eigenvalue weighted by atomic mass is 10.00. The molecule has 7 nitrogen and oxygen atoms in total. The number of methoxy groups -OCH3 is 1. The quantitative estimate of drug-likeness (QED) is 0.403. The van der Waals surface area contributed by atoms with Gasteiger partial charge in [-0.2, -0.15) is 0 Å². The highest BCUT2D eigenvalue weighted by atomic mass is 35.5. The number of nitrogens with one attached hydrogen (secondary N) is 2. The Balaban J connectivity index is 0.00000280. The molecule has 1 amide bonds. The number of amides is 1. The third-order valence-corrected chi connectivity index (χ3v) is 4.43. The second-order valence-corrected chi connectivity index (χ2v) is 6.33. The van der Waals surface area contributed by atoms with Crippen LogP contribution in [0.3, 0.4) is 0 Å². The average molecular weight is 404 g/mol. The van der Waals surface area contributed by atoms with Gasteiger partial charge in [-0.1, -0.05) is 12.1 Å². The van der Waals surface area contributed by atoms with Crippen LogP contribution < -0.4 is 15.8 Å². The van der Waals surface area contributed by atoms with E-state index < -0.39 is 0 Å². The zero-order chi connectivity index (χ0) is 19.4. The normalized spacial score (nSPS) is 14.7. The Hall–Kier alpha value is -3.06. The van der Waals surface area contributed by atoms with E-state index in [-0.39, 0.29) is 42.6 Å². The zero-order valence-electron chi connectivity index (χ0n) is 15.4. The first kappa shape index (κ1) is 21.2. The summed E-state index contributed by atoms with van der Waals surface area (Å²) in [5, 5.41) is 10.2. The van der Waals surface area contributed by atoms with E-state index in [0.717, 1.165) is 17.7 Å². The molecule has 148 valence electrons. The average Bonchev–Trinajstić information content (AvgIpc) is 2.68. The van der Waals surface area contributed by atoms with Gasteiger partial charge < -0.3 is 20.5 Å². The van der Waals surface area contributed by atoms with Gasteiger partial charge in [-0.05, 0) is 48.7 Å². The van der Waals surface area contributed by atoms with Gasteiger partial charge in [0, 0.05) is 16.8 Å². The summed E-state index contributed by atoms with van der Waals surface area (Å²) in [5.41, 5.74) is 8.12. The van der Waals surface area contributed by atoms with Crippen LogP contribution in [0.5, 0.6) is 5.75 Å². The van der Waals surface area contributed by atoms with Crippen molar-refractivity contribution in [2.45, 2.75) is 25.4 Å². The van der Waals surface area contributed by atoms with E-state index in [1.165, 1.54) is 7.11 Å². The molecule has 1 aliphatic rings. The molecule has 0 aromatic heterocycles. The standard InChI is InChI=1S/C20H21N3O4.ClH/c1-26-18(24)11-16-8-6-14-10-15(7-9-17(14)27-16)23-20(25)13-4-2-12(3-5-13)19(21)22;/h2-5,7,9-10,16H,6,8,11H2,1H3,(H3,21,22)(H,23,25);1H. The van der Waals surface area contributed by atoms with Crippen LogP contribution in [0.25, 0.3) is 0 Å². The maximum atomic E-state index is 12.4. The molecule has 0 saturated carbocycles. The molecule has 0 radical (unpaired) electrons. The highest BCUT2D eigenvalue weighted by Gasteiger charge is 2.23. The predicted molar refractivity (Wildman–Crippen MR) is 108 cm³/mol. The van der Waals surface area contributed by atoms with E-state index in [2.05, 4.69) is 10.1 Å². The molecular weight excluding hydrogens is 382 g/mol. The van der Waals surface area contributed by atoms with Crippen LogP contribution in [-0.2, 0) is 16.0 Å². The Kier molecular flexibility index (Phi) is 7.00. The second-order valence-electron chi connectivity index (χ2n) is 6.33. The fourth-order valence-corrected chi connectivity index (χ4v) is 2.94. The topological polar surface area (TPSA) is 114 Å². The Bertz CT molecular complexity index is 884. The van der Waals surface area contributed by atoms with Crippen molar-refractivity contribution in [3.8, 4) is 5.75 Å². The summed E-state index contributed by atoms with van der Waals surface area (Å²) < 4.78 is 10.5. The van der Waals surface area contributed by atoms with Crippen LogP contribution in [0.15, 0.2) is 42.5 Å². The lowest BCUT2D eigenvalue weighted by molar-refractivity contribution is -0.142. The van der Waals surface area contributed by atoms with Crippen molar-refractivity contribution in [3.05, 3.63) is 59.2 Å². The van der Waals surface area contributed by atoms with Crippen molar-refractivity contribution in [2.24, 2.45) is 5.73 Å². The van der Waals surface area contributed by atoms with E-state index in [0.29, 0.717) is 23.2 Å². The number of halogens is 1. The largest absolute Gasteiger partial charge is 0.490 e. The second kappa shape index (κ2) is 9.23. The fraction of sp³-hybridized carbons (Fsp3) is 0.250. The summed E-state index contributed by atoms with van der Waals surface area (Å²) in [6.45, 7) is 0. The summed E-state index contributed by atoms with van der Waals surface area (Å²) in [4.78, 5) is 23.8. The first-order valence-corrected chi connectivity index (χ1v) is 8.58. The molecule has 1 unspecified atom stereocenters. The third-order valence-electron chi connectivity index (χ3n) is 4.43. The Morgan fingerprint density at radius 1 is 1.21 bits per heavy atom. The minimum absolute atomic E-state index is 0. The number of hydrogen-bond donors (Lipinski definition) is 3. The molecule has 1 aliphatic heterocycles. The van der Waals surface area contributed by atoms with E-state index in [1.807, 2.05) is 6.07 Å². The number of rotatable bonds is 5. The number of fused-ring (bicyclic) bond motifs is 1. The molecule has 1 heterocycles. The van der Waals surface area contributed by atoms with Gasteiger partial charge in [-0.15, -0.1) is 12.4 Å². The predicted octanol–water partition coefficient (Wildman–Crippen LogP) is 2.90. The molecule has 28 heavy (non-hydrogen) atoms.